The molecule has 0 bridgehead atoms. The number of halogens is 1. The molecule has 30 heavy (non-hydrogen) atoms. The molecular weight excluding hydrogens is 442 g/mol. The number of rotatable bonds is 5. The maximum Gasteiger partial charge on any atom is 0.215 e. The topological polar surface area (TPSA) is 75.3 Å². The predicted molar refractivity (Wildman–Crippen MR) is 127 cm³/mol. The van der Waals surface area contributed by atoms with E-state index in [0.717, 1.165) is 45.0 Å². The van der Waals surface area contributed by atoms with Crippen LogP contribution in [0.3, 0.4) is 0 Å². The van der Waals surface area contributed by atoms with E-state index in [1.54, 1.807) is 18.3 Å². The fourth-order valence-corrected chi connectivity index (χ4v) is 4.03. The quantitative estimate of drug-likeness (QED) is 0.562. The monoisotopic (exact) mass is 469 g/mol. The van der Waals surface area contributed by atoms with Crippen LogP contribution in [0.2, 0.25) is 0 Å². The lowest BCUT2D eigenvalue weighted by molar-refractivity contribution is 0.103. The fourth-order valence-electron chi connectivity index (χ4n) is 3.70. The molecular formula is C23H28BrN5O. The number of nitrogens with two attached hydrogens (primary N) is 1. The van der Waals surface area contributed by atoms with Gasteiger partial charge in [-0.1, -0.05) is 36.4 Å². The highest BCUT2D eigenvalue weighted by atomic mass is 79.9. The Hall–Kier alpha value is -2.77. The molecule has 1 fully saturated rings. The SMILES string of the molecule is Nc1ncc(Br)cc1C(=O)c1cccc(N2CCCN(Cc3ccccc3)CC2)n1.[HH].[HH]. The number of nitrogen functional groups attached to an aromatic ring is 1. The highest BCUT2D eigenvalue weighted by molar-refractivity contribution is 9.10. The Morgan fingerprint density at radius 2 is 1.90 bits per heavy atom. The average molecular weight is 470 g/mol. The van der Waals surface area contributed by atoms with Gasteiger partial charge in [-0.3, -0.25) is 9.69 Å². The van der Waals surface area contributed by atoms with Crippen LogP contribution in [0.4, 0.5) is 11.6 Å². The van der Waals surface area contributed by atoms with Crippen molar-refractivity contribution < 1.29 is 7.65 Å². The summed E-state index contributed by atoms with van der Waals surface area (Å²) >= 11 is 3.35. The van der Waals surface area contributed by atoms with Crippen LogP contribution in [0.1, 0.15) is 30.9 Å². The first-order chi connectivity index (χ1) is 14.6. The third-order valence-corrected chi connectivity index (χ3v) is 5.69. The number of ketones is 1. The molecule has 1 aliphatic rings. The van der Waals surface area contributed by atoms with Gasteiger partial charge in [0.05, 0.1) is 5.56 Å². The minimum Gasteiger partial charge on any atom is -0.383 e. The second-order valence-electron chi connectivity index (χ2n) is 7.40. The molecule has 2 N–H and O–H groups in total. The zero-order chi connectivity index (χ0) is 20.9. The summed E-state index contributed by atoms with van der Waals surface area (Å²) in [5.74, 6) is 0.814. The molecule has 6 nitrogen and oxygen atoms in total. The molecule has 0 unspecified atom stereocenters. The fraction of sp³-hybridized carbons (Fsp3) is 0.261. The first-order valence-corrected chi connectivity index (χ1v) is 10.8. The summed E-state index contributed by atoms with van der Waals surface area (Å²) in [6.45, 7) is 4.74. The van der Waals surface area contributed by atoms with Crippen LogP contribution in [0.15, 0.2) is 65.3 Å². The molecule has 0 amide bonds. The first kappa shape index (κ1) is 20.5. The summed E-state index contributed by atoms with van der Waals surface area (Å²) in [5.41, 5.74) is 7.98. The molecule has 158 valence electrons. The van der Waals surface area contributed by atoms with E-state index in [4.69, 9.17) is 5.73 Å². The molecule has 0 aliphatic carbocycles. The summed E-state index contributed by atoms with van der Waals surface area (Å²) < 4.78 is 0.710. The summed E-state index contributed by atoms with van der Waals surface area (Å²) in [6.07, 6.45) is 2.63. The van der Waals surface area contributed by atoms with Crippen molar-refractivity contribution in [2.75, 3.05) is 36.8 Å². The van der Waals surface area contributed by atoms with E-state index in [1.165, 1.54) is 5.56 Å². The van der Waals surface area contributed by atoms with Gasteiger partial charge >= 0.3 is 0 Å². The van der Waals surface area contributed by atoms with E-state index in [1.807, 2.05) is 18.2 Å². The molecule has 0 spiro atoms. The second-order valence-corrected chi connectivity index (χ2v) is 8.31. The normalized spacial score (nSPS) is 15.0. The number of aromatic nitrogens is 2. The van der Waals surface area contributed by atoms with Gasteiger partial charge in [-0.15, -0.1) is 0 Å². The third-order valence-electron chi connectivity index (χ3n) is 5.26. The number of hydrogen-bond donors (Lipinski definition) is 1. The molecule has 0 atom stereocenters. The van der Waals surface area contributed by atoms with E-state index in [-0.39, 0.29) is 14.5 Å². The number of hydrogen-bond acceptors (Lipinski definition) is 6. The van der Waals surface area contributed by atoms with Crippen molar-refractivity contribution in [2.45, 2.75) is 13.0 Å². The molecule has 1 aliphatic heterocycles. The molecule has 3 heterocycles. The Morgan fingerprint density at radius 3 is 2.73 bits per heavy atom. The summed E-state index contributed by atoms with van der Waals surface area (Å²) in [7, 11) is 0. The number of benzene rings is 1. The molecule has 3 aromatic rings. The van der Waals surface area contributed by atoms with Gasteiger partial charge in [-0.2, -0.15) is 0 Å². The number of pyridine rings is 2. The Labute approximate surface area is 187 Å². The van der Waals surface area contributed by atoms with E-state index in [9.17, 15) is 4.79 Å². The maximum absolute atomic E-state index is 12.9. The minimum absolute atomic E-state index is 0. The molecule has 0 radical (unpaired) electrons. The molecule has 0 saturated carbocycles. The third kappa shape index (κ3) is 4.86. The lowest BCUT2D eigenvalue weighted by Gasteiger charge is -2.23. The van der Waals surface area contributed by atoms with Crippen LogP contribution in [0.5, 0.6) is 0 Å². The van der Waals surface area contributed by atoms with Gasteiger partial charge < -0.3 is 10.6 Å². The maximum atomic E-state index is 12.9. The van der Waals surface area contributed by atoms with E-state index in [2.05, 4.69) is 60.0 Å². The van der Waals surface area contributed by atoms with Crippen LogP contribution in [-0.4, -0.2) is 46.8 Å². The summed E-state index contributed by atoms with van der Waals surface area (Å²) in [6, 6.07) is 17.8. The predicted octanol–water partition coefficient (Wildman–Crippen LogP) is 4.26. The Kier molecular flexibility index (Phi) is 6.40. The van der Waals surface area contributed by atoms with Crippen molar-refractivity contribution in [3.63, 3.8) is 0 Å². The standard InChI is InChI=1S/C23H24BrN5O.2H2/c24-18-14-19(23(25)26-15-18)22(30)20-8-4-9-21(27-20)29-11-5-10-28(12-13-29)16-17-6-2-1-3-7-17;;/h1-4,6-9,14-15H,5,10-13,16H2,(H2,25,26);2*1H. The van der Waals surface area contributed by atoms with Crippen molar-refractivity contribution in [1.82, 2.24) is 14.9 Å². The summed E-state index contributed by atoms with van der Waals surface area (Å²) in [4.78, 5) is 26.4. The van der Waals surface area contributed by atoms with Gasteiger partial charge in [0.25, 0.3) is 0 Å². The van der Waals surface area contributed by atoms with Gasteiger partial charge in [0.2, 0.25) is 5.78 Å². The zero-order valence-electron chi connectivity index (χ0n) is 16.7. The highest BCUT2D eigenvalue weighted by Gasteiger charge is 2.19. The molecule has 7 heteroatoms. The van der Waals surface area contributed by atoms with Crippen molar-refractivity contribution in [3.05, 3.63) is 82.1 Å². The largest absolute Gasteiger partial charge is 0.383 e. The van der Waals surface area contributed by atoms with Crippen LogP contribution < -0.4 is 10.6 Å². The minimum atomic E-state index is -0.219. The van der Waals surface area contributed by atoms with Crippen molar-refractivity contribution in [2.24, 2.45) is 0 Å². The number of carbonyl (C=O) groups is 1. The average Bonchev–Trinajstić information content (AvgIpc) is 3.01. The van der Waals surface area contributed by atoms with E-state index in [0.29, 0.717) is 15.7 Å². The molecule has 1 saturated heterocycles. The lowest BCUT2D eigenvalue weighted by atomic mass is 10.1. The number of carbonyl (C=O) groups excluding carboxylic acids is 1. The highest BCUT2D eigenvalue weighted by Crippen LogP contribution is 2.21. The van der Waals surface area contributed by atoms with Crippen LogP contribution >= 0.6 is 15.9 Å². The lowest BCUT2D eigenvalue weighted by Crippen LogP contribution is -2.31. The second kappa shape index (κ2) is 9.36. The van der Waals surface area contributed by atoms with Gasteiger partial charge in [0.15, 0.2) is 0 Å². The Balaban J connectivity index is 0.00000181. The molecule has 4 rings (SSSR count). The van der Waals surface area contributed by atoms with Crippen molar-refractivity contribution in [1.29, 1.82) is 0 Å². The van der Waals surface area contributed by atoms with Crippen molar-refractivity contribution in [3.8, 4) is 0 Å². The van der Waals surface area contributed by atoms with Gasteiger partial charge in [0.1, 0.15) is 17.3 Å². The first-order valence-electron chi connectivity index (χ1n) is 10.0. The van der Waals surface area contributed by atoms with Crippen LogP contribution in [0.25, 0.3) is 0 Å². The van der Waals surface area contributed by atoms with Crippen LogP contribution in [-0.2, 0) is 6.54 Å². The Morgan fingerprint density at radius 1 is 1.07 bits per heavy atom. The van der Waals surface area contributed by atoms with E-state index >= 15 is 0 Å². The number of anilines is 2. The van der Waals surface area contributed by atoms with Crippen molar-refractivity contribution >= 4 is 33.3 Å². The van der Waals surface area contributed by atoms with Gasteiger partial charge in [-0.25, -0.2) is 9.97 Å². The van der Waals surface area contributed by atoms with Crippen LogP contribution in [0, 0.1) is 0 Å². The van der Waals surface area contributed by atoms with Gasteiger partial charge in [-0.05, 0) is 46.1 Å². The molecule has 1 aromatic carbocycles. The van der Waals surface area contributed by atoms with E-state index < -0.39 is 0 Å². The molecule has 2 aromatic heterocycles. The number of nitrogens with zero attached hydrogens (tertiary/aromatic N) is 4. The van der Waals surface area contributed by atoms with Gasteiger partial charge in [0, 0.05) is 46.2 Å². The Bertz CT molecular complexity index is 1040. The summed E-state index contributed by atoms with van der Waals surface area (Å²) in [5, 5.41) is 0. The zero-order valence-corrected chi connectivity index (χ0v) is 18.3. The smallest absolute Gasteiger partial charge is 0.215 e.